The summed E-state index contributed by atoms with van der Waals surface area (Å²) in [5, 5.41) is 8.95. The van der Waals surface area contributed by atoms with Crippen LogP contribution in [0.1, 0.15) is 27.8 Å². The molecule has 0 saturated carbocycles. The van der Waals surface area contributed by atoms with Gasteiger partial charge in [0.25, 0.3) is 0 Å². The van der Waals surface area contributed by atoms with Crippen LogP contribution in [0, 0.1) is 11.6 Å². The molecule has 3 N–H and O–H groups in total. The van der Waals surface area contributed by atoms with Crippen molar-refractivity contribution in [3.8, 4) is 0 Å². The van der Waals surface area contributed by atoms with Crippen molar-refractivity contribution in [1.82, 2.24) is 15.3 Å². The zero-order valence-corrected chi connectivity index (χ0v) is 18.9. The summed E-state index contributed by atoms with van der Waals surface area (Å²) in [5.41, 5.74) is 1.84. The SMILES string of the molecule is O=C(Nc1cccc(F)c1)Nc1cc(F)cc(C(=O)c2cc3ccc(C4COCCN4)nc3cn2)c1. The normalized spacial score (nSPS) is 15.4. The van der Waals surface area contributed by atoms with Gasteiger partial charge in [-0.25, -0.2) is 18.6 Å². The fourth-order valence-corrected chi connectivity index (χ4v) is 3.92. The molecule has 1 aliphatic heterocycles. The summed E-state index contributed by atoms with van der Waals surface area (Å²) in [6.07, 6.45) is 1.50. The number of carbonyl (C=O) groups excluding carboxylic acids is 2. The van der Waals surface area contributed by atoms with Gasteiger partial charge in [0.15, 0.2) is 0 Å². The Morgan fingerprint density at radius 1 is 0.972 bits per heavy atom. The summed E-state index contributed by atoms with van der Waals surface area (Å²) in [6.45, 7) is 1.93. The molecule has 2 aromatic carbocycles. The van der Waals surface area contributed by atoms with Gasteiger partial charge >= 0.3 is 6.03 Å². The number of anilines is 2. The number of ketones is 1. The highest BCUT2D eigenvalue weighted by atomic mass is 19.1. The van der Waals surface area contributed by atoms with Crippen molar-refractivity contribution >= 4 is 34.1 Å². The summed E-state index contributed by atoms with van der Waals surface area (Å²) in [5.74, 6) is -1.74. The molecule has 0 radical (unpaired) electrons. The highest BCUT2D eigenvalue weighted by molar-refractivity contribution is 6.10. The molecule has 2 amide bonds. The van der Waals surface area contributed by atoms with E-state index in [-0.39, 0.29) is 28.7 Å². The zero-order chi connectivity index (χ0) is 25.1. The molecule has 1 atom stereocenters. The van der Waals surface area contributed by atoms with Crippen LogP contribution in [0.15, 0.2) is 66.9 Å². The highest BCUT2D eigenvalue weighted by Crippen LogP contribution is 2.22. The number of hydrogen-bond donors (Lipinski definition) is 3. The number of rotatable bonds is 5. The average Bonchev–Trinajstić information content (AvgIpc) is 2.87. The lowest BCUT2D eigenvalue weighted by molar-refractivity contribution is 0.0757. The van der Waals surface area contributed by atoms with Crippen LogP contribution in [0.2, 0.25) is 0 Å². The fraction of sp³-hybridized carbons (Fsp3) is 0.154. The van der Waals surface area contributed by atoms with E-state index < -0.39 is 23.4 Å². The van der Waals surface area contributed by atoms with Crippen LogP contribution in [0.5, 0.6) is 0 Å². The molecule has 182 valence electrons. The number of aromatic nitrogens is 2. The summed E-state index contributed by atoms with van der Waals surface area (Å²) in [6, 6.07) is 13.4. The first-order valence-electron chi connectivity index (χ1n) is 11.2. The van der Waals surface area contributed by atoms with Crippen LogP contribution in [0.3, 0.4) is 0 Å². The van der Waals surface area contributed by atoms with Gasteiger partial charge in [0.2, 0.25) is 5.78 Å². The number of ether oxygens (including phenoxy) is 1. The second-order valence-electron chi connectivity index (χ2n) is 8.23. The fourth-order valence-electron chi connectivity index (χ4n) is 3.92. The maximum Gasteiger partial charge on any atom is 0.323 e. The van der Waals surface area contributed by atoms with Gasteiger partial charge in [-0.2, -0.15) is 0 Å². The van der Waals surface area contributed by atoms with Crippen molar-refractivity contribution in [2.75, 3.05) is 30.4 Å². The Bertz CT molecular complexity index is 1460. The van der Waals surface area contributed by atoms with Gasteiger partial charge in [0.1, 0.15) is 17.3 Å². The first-order chi connectivity index (χ1) is 17.4. The van der Waals surface area contributed by atoms with Crippen LogP contribution in [-0.2, 0) is 4.74 Å². The van der Waals surface area contributed by atoms with E-state index in [0.717, 1.165) is 30.4 Å². The summed E-state index contributed by atoms with van der Waals surface area (Å²) in [4.78, 5) is 34.2. The van der Waals surface area contributed by atoms with Crippen LogP contribution >= 0.6 is 0 Å². The Balaban J connectivity index is 1.34. The molecule has 5 rings (SSSR count). The van der Waals surface area contributed by atoms with Gasteiger partial charge < -0.3 is 20.7 Å². The van der Waals surface area contributed by atoms with Gasteiger partial charge in [-0.3, -0.25) is 9.78 Å². The Labute approximate surface area is 204 Å². The topological polar surface area (TPSA) is 105 Å². The third-order valence-electron chi connectivity index (χ3n) is 5.61. The van der Waals surface area contributed by atoms with Gasteiger partial charge in [0, 0.05) is 28.9 Å². The highest BCUT2D eigenvalue weighted by Gasteiger charge is 2.18. The number of benzene rings is 2. The van der Waals surface area contributed by atoms with E-state index in [1.165, 1.54) is 30.5 Å². The number of fused-ring (bicyclic) bond motifs is 1. The molecule has 1 saturated heterocycles. The van der Waals surface area contributed by atoms with E-state index in [0.29, 0.717) is 24.1 Å². The van der Waals surface area contributed by atoms with Crippen molar-refractivity contribution in [3.05, 3.63) is 95.4 Å². The van der Waals surface area contributed by atoms with E-state index in [1.807, 2.05) is 12.1 Å². The van der Waals surface area contributed by atoms with Crippen molar-refractivity contribution < 1.29 is 23.1 Å². The molecule has 3 heterocycles. The van der Waals surface area contributed by atoms with Gasteiger partial charge in [-0.1, -0.05) is 12.1 Å². The molecule has 1 unspecified atom stereocenters. The quantitative estimate of drug-likeness (QED) is 0.358. The second kappa shape index (κ2) is 10.1. The van der Waals surface area contributed by atoms with E-state index in [2.05, 4.69) is 25.9 Å². The van der Waals surface area contributed by atoms with Crippen molar-refractivity contribution in [3.63, 3.8) is 0 Å². The van der Waals surface area contributed by atoms with E-state index in [9.17, 15) is 18.4 Å². The number of carbonyl (C=O) groups is 2. The average molecular weight is 489 g/mol. The lowest BCUT2D eigenvalue weighted by Crippen LogP contribution is -2.35. The molecule has 1 fully saturated rings. The predicted molar refractivity (Wildman–Crippen MR) is 130 cm³/mol. The lowest BCUT2D eigenvalue weighted by atomic mass is 10.0. The molecule has 1 aliphatic rings. The molecule has 8 nitrogen and oxygen atoms in total. The Kier molecular flexibility index (Phi) is 6.61. The monoisotopic (exact) mass is 489 g/mol. The number of nitrogens with one attached hydrogen (secondary N) is 3. The lowest BCUT2D eigenvalue weighted by Gasteiger charge is -2.23. The first kappa shape index (κ1) is 23.5. The molecule has 36 heavy (non-hydrogen) atoms. The molecule has 10 heteroatoms. The third kappa shape index (κ3) is 5.35. The smallest absolute Gasteiger partial charge is 0.323 e. The van der Waals surface area contributed by atoms with Crippen LogP contribution in [0.4, 0.5) is 25.0 Å². The van der Waals surface area contributed by atoms with Crippen LogP contribution < -0.4 is 16.0 Å². The van der Waals surface area contributed by atoms with Crippen LogP contribution in [-0.4, -0.2) is 41.5 Å². The number of amides is 2. The molecule has 2 aromatic heterocycles. The standard InChI is InChI=1S/C26H21F2N5O3/c27-17-2-1-3-19(11-17)31-26(35)32-20-9-16(8-18(28)12-20)25(34)22-10-15-4-5-21(33-23(15)13-30-22)24-14-36-7-6-29-24/h1-5,8-13,24,29H,6-7,14H2,(H2,31,32,35). The number of hydrogen-bond acceptors (Lipinski definition) is 6. The molecule has 0 spiro atoms. The number of halogens is 2. The Morgan fingerprint density at radius 3 is 2.61 bits per heavy atom. The third-order valence-corrected chi connectivity index (χ3v) is 5.61. The summed E-state index contributed by atoms with van der Waals surface area (Å²) in [7, 11) is 0. The van der Waals surface area contributed by atoms with Crippen molar-refractivity contribution in [2.24, 2.45) is 0 Å². The van der Waals surface area contributed by atoms with E-state index >= 15 is 0 Å². The minimum atomic E-state index is -0.715. The number of urea groups is 1. The number of morpholine rings is 1. The molecular formula is C26H21F2N5O3. The summed E-state index contributed by atoms with van der Waals surface area (Å²) < 4.78 is 33.1. The number of nitrogens with zero attached hydrogens (tertiary/aromatic N) is 2. The second-order valence-corrected chi connectivity index (χ2v) is 8.23. The summed E-state index contributed by atoms with van der Waals surface area (Å²) >= 11 is 0. The molecular weight excluding hydrogens is 468 g/mol. The van der Waals surface area contributed by atoms with Gasteiger partial charge in [-0.15, -0.1) is 0 Å². The van der Waals surface area contributed by atoms with Crippen molar-refractivity contribution in [2.45, 2.75) is 6.04 Å². The molecule has 0 aliphatic carbocycles. The van der Waals surface area contributed by atoms with Crippen LogP contribution in [0.25, 0.3) is 10.9 Å². The number of pyridine rings is 2. The van der Waals surface area contributed by atoms with E-state index in [1.54, 1.807) is 6.07 Å². The predicted octanol–water partition coefficient (Wildman–Crippen LogP) is 4.44. The maximum absolute atomic E-state index is 14.3. The first-order valence-corrected chi connectivity index (χ1v) is 11.2. The molecule has 0 bridgehead atoms. The van der Waals surface area contributed by atoms with E-state index in [4.69, 9.17) is 4.74 Å². The minimum absolute atomic E-state index is 0.0102. The Morgan fingerprint density at radius 2 is 1.81 bits per heavy atom. The zero-order valence-electron chi connectivity index (χ0n) is 18.9. The van der Waals surface area contributed by atoms with Gasteiger partial charge in [0.05, 0.1) is 36.7 Å². The maximum atomic E-state index is 14.3. The Hall–Kier alpha value is -4.28. The van der Waals surface area contributed by atoms with Gasteiger partial charge in [-0.05, 0) is 48.5 Å². The largest absolute Gasteiger partial charge is 0.378 e. The minimum Gasteiger partial charge on any atom is -0.378 e. The molecule has 4 aromatic rings. The van der Waals surface area contributed by atoms with Crippen molar-refractivity contribution in [1.29, 1.82) is 0 Å².